The van der Waals surface area contributed by atoms with Crippen LogP contribution in [0.4, 0.5) is 0 Å². The fourth-order valence-electron chi connectivity index (χ4n) is 9.29. The number of hydrogen-bond donors (Lipinski definition) is 1. The molecule has 0 bridgehead atoms. The van der Waals surface area contributed by atoms with E-state index in [1.165, 1.54) is 31.2 Å². The van der Waals surface area contributed by atoms with Crippen molar-refractivity contribution < 1.29 is 19.4 Å². The molecule has 1 N–H and O–H groups in total. The number of aliphatic carboxylic acids is 1. The lowest BCUT2D eigenvalue weighted by molar-refractivity contribution is -0.137. The first-order valence-corrected chi connectivity index (χ1v) is 19.0. The van der Waals surface area contributed by atoms with Gasteiger partial charge in [-0.1, -0.05) is 101 Å². The lowest BCUT2D eigenvalue weighted by atomic mass is 9.49. The molecule has 52 heavy (non-hydrogen) atoms. The van der Waals surface area contributed by atoms with Crippen molar-refractivity contribution in [2.75, 3.05) is 13.7 Å². The van der Waals surface area contributed by atoms with E-state index in [2.05, 4.69) is 105 Å². The minimum Gasteiger partial charge on any atom is -0.496 e. The fourth-order valence-corrected chi connectivity index (χ4v) is 9.29. The van der Waals surface area contributed by atoms with Crippen molar-refractivity contribution in [1.82, 2.24) is 9.55 Å². The van der Waals surface area contributed by atoms with Crippen LogP contribution in [0.15, 0.2) is 84.9 Å². The first-order valence-electron chi connectivity index (χ1n) is 19.0. The summed E-state index contributed by atoms with van der Waals surface area (Å²) < 4.78 is 14.4. The number of carboxylic acids is 1. The molecule has 1 heterocycles. The van der Waals surface area contributed by atoms with Crippen molar-refractivity contribution in [2.45, 2.75) is 90.5 Å². The molecule has 1 fully saturated rings. The van der Waals surface area contributed by atoms with Crippen molar-refractivity contribution >= 4 is 29.2 Å². The van der Waals surface area contributed by atoms with Gasteiger partial charge in [-0.15, -0.1) is 0 Å². The normalized spacial score (nSPS) is 21.3. The third-order valence-corrected chi connectivity index (χ3v) is 11.9. The summed E-state index contributed by atoms with van der Waals surface area (Å²) in [7, 11) is 1.69. The standard InChI is InChI=1S/C46H52N2O4/c1-31(2)34-17-21-38-35(28-34)18-23-42-45(3,24-10-25-46(38,42)4)30-48-40-22-16-33(15-14-32-11-7-6-8-12-32)27-39(40)47-44(48)37-20-19-36(29-41(37)51-5)52-26-9-13-43(49)50/h6-8,11-12,14-17,19-22,27-29,31,42H,9-10,13,18,23-26,30H2,1-5H3,(H,49,50)/t42-,45-,46+/m0/s1. The highest BCUT2D eigenvalue weighted by molar-refractivity contribution is 5.85. The monoisotopic (exact) mass is 696 g/mol. The van der Waals surface area contributed by atoms with E-state index in [9.17, 15) is 4.79 Å². The Hall–Kier alpha value is -4.84. The molecular weight excluding hydrogens is 645 g/mol. The van der Waals surface area contributed by atoms with Gasteiger partial charge in [-0.2, -0.15) is 0 Å². The van der Waals surface area contributed by atoms with E-state index < -0.39 is 5.97 Å². The zero-order valence-corrected chi connectivity index (χ0v) is 31.3. The molecule has 6 nitrogen and oxygen atoms in total. The number of ether oxygens (including phenoxy) is 2. The summed E-state index contributed by atoms with van der Waals surface area (Å²) in [5.74, 6) is 2.47. The number of imidazole rings is 1. The van der Waals surface area contributed by atoms with Gasteiger partial charge in [0.1, 0.15) is 17.3 Å². The van der Waals surface area contributed by atoms with E-state index >= 15 is 0 Å². The topological polar surface area (TPSA) is 73.6 Å². The molecule has 4 aromatic carbocycles. The Morgan fingerprint density at radius 2 is 1.79 bits per heavy atom. The highest BCUT2D eigenvalue weighted by atomic mass is 16.5. The quantitative estimate of drug-likeness (QED) is 0.104. The number of fused-ring (bicyclic) bond motifs is 4. The van der Waals surface area contributed by atoms with Crippen LogP contribution in [0, 0.1) is 11.3 Å². The van der Waals surface area contributed by atoms with Crippen LogP contribution in [0.5, 0.6) is 11.5 Å². The predicted molar refractivity (Wildman–Crippen MR) is 211 cm³/mol. The highest BCUT2D eigenvalue weighted by Gasteiger charge is 2.52. The molecule has 2 aliphatic rings. The number of aryl methyl sites for hydroxylation is 1. The number of carbonyl (C=O) groups is 1. The Morgan fingerprint density at radius 3 is 2.56 bits per heavy atom. The molecule has 0 unspecified atom stereocenters. The van der Waals surface area contributed by atoms with Gasteiger partial charge in [-0.25, -0.2) is 4.98 Å². The summed E-state index contributed by atoms with van der Waals surface area (Å²) in [4.78, 5) is 16.4. The van der Waals surface area contributed by atoms with E-state index in [0.29, 0.717) is 36.4 Å². The van der Waals surface area contributed by atoms with Gasteiger partial charge >= 0.3 is 5.97 Å². The average molecular weight is 697 g/mol. The number of hydrogen-bond acceptors (Lipinski definition) is 4. The van der Waals surface area contributed by atoms with Gasteiger partial charge < -0.3 is 19.1 Å². The number of nitrogens with zero attached hydrogens (tertiary/aromatic N) is 2. The van der Waals surface area contributed by atoms with Gasteiger partial charge in [-0.3, -0.25) is 4.79 Å². The molecule has 0 aliphatic heterocycles. The summed E-state index contributed by atoms with van der Waals surface area (Å²) in [6, 6.07) is 30.2. The third-order valence-electron chi connectivity index (χ3n) is 11.9. The average Bonchev–Trinajstić information content (AvgIpc) is 3.48. The molecule has 0 saturated heterocycles. The number of carboxylic acid groups (broad SMARTS) is 1. The molecule has 270 valence electrons. The van der Waals surface area contributed by atoms with Gasteiger partial charge in [0.15, 0.2) is 0 Å². The summed E-state index contributed by atoms with van der Waals surface area (Å²) >= 11 is 0. The molecule has 3 atom stereocenters. The van der Waals surface area contributed by atoms with Crippen molar-refractivity contribution in [3.63, 3.8) is 0 Å². The maximum absolute atomic E-state index is 11.0. The molecule has 1 saturated carbocycles. The van der Waals surface area contributed by atoms with Crippen LogP contribution < -0.4 is 9.47 Å². The van der Waals surface area contributed by atoms with Gasteiger partial charge in [-0.05, 0) is 107 Å². The van der Waals surface area contributed by atoms with Crippen LogP contribution >= 0.6 is 0 Å². The summed E-state index contributed by atoms with van der Waals surface area (Å²) in [6.07, 6.45) is 10.7. The molecule has 2 aliphatic carbocycles. The third kappa shape index (κ3) is 7.00. The number of benzene rings is 4. The van der Waals surface area contributed by atoms with E-state index in [4.69, 9.17) is 19.6 Å². The predicted octanol–water partition coefficient (Wildman–Crippen LogP) is 11.0. The maximum atomic E-state index is 11.0. The molecular formula is C46H52N2O4. The van der Waals surface area contributed by atoms with Crippen molar-refractivity contribution in [2.24, 2.45) is 11.3 Å². The molecule has 1 aromatic heterocycles. The van der Waals surface area contributed by atoms with Crippen LogP contribution in [0.1, 0.15) is 100.0 Å². The minimum absolute atomic E-state index is 0.0517. The zero-order valence-electron chi connectivity index (χ0n) is 31.3. The molecule has 0 radical (unpaired) electrons. The van der Waals surface area contributed by atoms with Crippen molar-refractivity contribution in [3.05, 3.63) is 113 Å². The number of aromatic nitrogens is 2. The highest BCUT2D eigenvalue weighted by Crippen LogP contribution is 2.58. The zero-order chi connectivity index (χ0) is 36.5. The second kappa shape index (κ2) is 14.7. The minimum atomic E-state index is -0.821. The van der Waals surface area contributed by atoms with Crippen molar-refractivity contribution in [1.29, 1.82) is 0 Å². The Kier molecular flexibility index (Phi) is 10.0. The van der Waals surface area contributed by atoms with Crippen LogP contribution in [0.2, 0.25) is 0 Å². The first kappa shape index (κ1) is 35.6. The largest absolute Gasteiger partial charge is 0.496 e. The smallest absolute Gasteiger partial charge is 0.303 e. The summed E-state index contributed by atoms with van der Waals surface area (Å²) in [5, 5.41) is 9.04. The van der Waals surface area contributed by atoms with Crippen molar-refractivity contribution in [3.8, 4) is 22.9 Å². The molecule has 7 rings (SSSR count). The van der Waals surface area contributed by atoms with Crippen LogP contribution in [0.25, 0.3) is 34.6 Å². The van der Waals surface area contributed by atoms with Gasteiger partial charge in [0, 0.05) is 19.0 Å². The lowest BCUT2D eigenvalue weighted by Gasteiger charge is -2.56. The van der Waals surface area contributed by atoms with Crippen LogP contribution in [-0.4, -0.2) is 34.3 Å². The number of methoxy groups -OCH3 is 1. The Balaban J connectivity index is 1.28. The molecule has 0 amide bonds. The second-order valence-electron chi connectivity index (χ2n) is 15.8. The Labute approximate surface area is 308 Å². The van der Waals surface area contributed by atoms with Gasteiger partial charge in [0.2, 0.25) is 0 Å². The van der Waals surface area contributed by atoms with E-state index in [-0.39, 0.29) is 17.3 Å². The second-order valence-corrected chi connectivity index (χ2v) is 15.8. The Morgan fingerprint density at radius 1 is 0.981 bits per heavy atom. The van der Waals surface area contributed by atoms with Crippen LogP contribution in [0.3, 0.4) is 0 Å². The Bertz CT molecular complexity index is 2100. The maximum Gasteiger partial charge on any atom is 0.303 e. The van der Waals surface area contributed by atoms with Gasteiger partial charge in [0.05, 0.1) is 30.3 Å². The van der Waals surface area contributed by atoms with Crippen LogP contribution in [-0.2, 0) is 23.2 Å². The molecule has 0 spiro atoms. The van der Waals surface area contributed by atoms with E-state index in [0.717, 1.165) is 46.5 Å². The molecule has 6 heteroatoms. The first-order chi connectivity index (χ1) is 25.1. The fraction of sp³-hybridized carbons (Fsp3) is 0.391. The summed E-state index contributed by atoms with van der Waals surface area (Å²) in [5.41, 5.74) is 9.98. The summed E-state index contributed by atoms with van der Waals surface area (Å²) in [6.45, 7) is 10.8. The van der Waals surface area contributed by atoms with Gasteiger partial charge in [0.25, 0.3) is 0 Å². The SMILES string of the molecule is COc1cc(OCCCC(=O)O)ccc1-c1nc2cc(C=Cc3ccccc3)ccc2n1C[C@]1(C)CCC[C@]2(C)c3ccc(C(C)C)cc3CC[C@@H]12. The lowest BCUT2D eigenvalue weighted by Crippen LogP contribution is -2.50. The molecule has 5 aromatic rings. The number of rotatable bonds is 12. The van der Waals surface area contributed by atoms with E-state index in [1.807, 2.05) is 24.3 Å². The van der Waals surface area contributed by atoms with E-state index in [1.54, 1.807) is 18.2 Å².